The monoisotopic (exact) mass is 506 g/mol. The number of carbonyl (C=O) groups is 1. The number of aromatic nitrogens is 3. The summed E-state index contributed by atoms with van der Waals surface area (Å²) in [6, 6.07) is 5.18. The minimum absolute atomic E-state index is 0.0193. The van der Waals surface area contributed by atoms with Gasteiger partial charge in [-0.2, -0.15) is 18.2 Å². The average molecular weight is 506 g/mol. The first-order valence-electron chi connectivity index (χ1n) is 9.85. The maximum Gasteiger partial charge on any atom is 0.409 e. The molecule has 0 fully saturated rings. The molecular weight excluding hydrogens is 489 g/mol. The van der Waals surface area contributed by atoms with Crippen LogP contribution in [-0.4, -0.2) is 52.9 Å². The van der Waals surface area contributed by atoms with Crippen molar-refractivity contribution in [2.75, 3.05) is 16.6 Å². The fourth-order valence-corrected chi connectivity index (χ4v) is 3.85. The van der Waals surface area contributed by atoms with Crippen LogP contribution in [0.4, 0.5) is 30.6 Å². The first kappa shape index (κ1) is 24.1. The van der Waals surface area contributed by atoms with Crippen molar-refractivity contribution in [3.8, 4) is 11.1 Å². The van der Waals surface area contributed by atoms with Crippen LogP contribution in [0.15, 0.2) is 66.1 Å². The standard InChI is InChI=1S/C21H17F3N6O4S/c1-35(33,34)15-4-2-3-14(8-15)27-20-26-11-16(12-7-13(19(31)32)10-25-9-12)18(28-20)30-6-5-17(29-30)21(22,23)24/h2-11,17,29H,1H3,(H,31,32)(H,26,27,28). The second kappa shape index (κ2) is 8.96. The Kier molecular flexibility index (Phi) is 6.17. The first-order chi connectivity index (χ1) is 16.4. The van der Waals surface area contributed by atoms with Gasteiger partial charge >= 0.3 is 12.1 Å². The summed E-state index contributed by atoms with van der Waals surface area (Å²) in [4.78, 5) is 23.8. The van der Waals surface area contributed by atoms with Gasteiger partial charge < -0.3 is 10.4 Å². The summed E-state index contributed by atoms with van der Waals surface area (Å²) in [6.45, 7) is 0. The number of hydrogen-bond acceptors (Lipinski definition) is 9. The molecule has 3 aromatic rings. The third kappa shape index (κ3) is 5.38. The van der Waals surface area contributed by atoms with Gasteiger partial charge in [0.2, 0.25) is 5.95 Å². The molecule has 0 bridgehead atoms. The van der Waals surface area contributed by atoms with Gasteiger partial charge in [0.15, 0.2) is 15.7 Å². The van der Waals surface area contributed by atoms with Crippen LogP contribution in [0.1, 0.15) is 10.4 Å². The summed E-state index contributed by atoms with van der Waals surface area (Å²) in [7, 11) is -3.48. The van der Waals surface area contributed by atoms with Gasteiger partial charge in [-0.25, -0.2) is 23.6 Å². The molecule has 1 aliphatic heterocycles. The van der Waals surface area contributed by atoms with Crippen LogP contribution in [0.25, 0.3) is 11.1 Å². The van der Waals surface area contributed by atoms with Crippen LogP contribution in [-0.2, 0) is 9.84 Å². The van der Waals surface area contributed by atoms with Crippen molar-refractivity contribution in [2.24, 2.45) is 0 Å². The number of benzene rings is 1. The van der Waals surface area contributed by atoms with E-state index in [-0.39, 0.29) is 33.4 Å². The molecule has 3 heterocycles. The number of sulfone groups is 1. The van der Waals surface area contributed by atoms with Gasteiger partial charge in [0.1, 0.15) is 6.04 Å². The third-order valence-electron chi connectivity index (χ3n) is 4.87. The smallest absolute Gasteiger partial charge is 0.409 e. The lowest BCUT2D eigenvalue weighted by Gasteiger charge is -2.23. The topological polar surface area (TPSA) is 137 Å². The molecule has 10 nitrogen and oxygen atoms in total. The van der Waals surface area contributed by atoms with Crippen molar-refractivity contribution < 1.29 is 31.5 Å². The summed E-state index contributed by atoms with van der Waals surface area (Å²) >= 11 is 0. The zero-order chi connectivity index (χ0) is 25.4. The molecule has 3 N–H and O–H groups in total. The summed E-state index contributed by atoms with van der Waals surface area (Å²) in [5.41, 5.74) is 2.94. The molecule has 2 aromatic heterocycles. The summed E-state index contributed by atoms with van der Waals surface area (Å²) < 4.78 is 63.3. The minimum atomic E-state index is -4.56. The molecule has 1 aromatic carbocycles. The van der Waals surface area contributed by atoms with E-state index in [1.807, 2.05) is 0 Å². The highest BCUT2D eigenvalue weighted by Crippen LogP contribution is 2.33. The lowest BCUT2D eigenvalue weighted by molar-refractivity contribution is -0.142. The largest absolute Gasteiger partial charge is 0.478 e. The summed E-state index contributed by atoms with van der Waals surface area (Å²) in [5.74, 6) is -1.29. The van der Waals surface area contributed by atoms with E-state index in [1.165, 1.54) is 36.7 Å². The second-order valence-electron chi connectivity index (χ2n) is 7.48. The molecule has 1 unspecified atom stereocenters. The molecule has 0 saturated heterocycles. The van der Waals surface area contributed by atoms with Gasteiger partial charge in [0.25, 0.3) is 0 Å². The Morgan fingerprint density at radius 2 is 1.97 bits per heavy atom. The Morgan fingerprint density at radius 3 is 2.63 bits per heavy atom. The average Bonchev–Trinajstić information content (AvgIpc) is 3.30. The minimum Gasteiger partial charge on any atom is -0.478 e. The molecule has 0 radical (unpaired) electrons. The molecule has 35 heavy (non-hydrogen) atoms. The molecule has 0 aliphatic carbocycles. The molecule has 1 aliphatic rings. The third-order valence-corrected chi connectivity index (χ3v) is 5.98. The van der Waals surface area contributed by atoms with Crippen LogP contribution in [0.2, 0.25) is 0 Å². The van der Waals surface area contributed by atoms with Gasteiger partial charge in [-0.05, 0) is 30.3 Å². The second-order valence-corrected chi connectivity index (χ2v) is 9.50. The number of halogens is 3. The van der Waals surface area contributed by atoms with Crippen LogP contribution in [0.5, 0.6) is 0 Å². The van der Waals surface area contributed by atoms with Crippen LogP contribution in [0, 0.1) is 0 Å². The molecule has 0 saturated carbocycles. The van der Waals surface area contributed by atoms with E-state index in [0.29, 0.717) is 5.69 Å². The van der Waals surface area contributed by atoms with E-state index in [9.17, 15) is 31.5 Å². The number of hydrogen-bond donors (Lipinski definition) is 3. The molecule has 4 rings (SSSR count). The van der Waals surface area contributed by atoms with E-state index in [1.54, 1.807) is 6.07 Å². The molecule has 14 heteroatoms. The molecule has 0 amide bonds. The number of nitrogens with one attached hydrogen (secondary N) is 2. The fourth-order valence-electron chi connectivity index (χ4n) is 3.18. The quantitative estimate of drug-likeness (QED) is 0.457. The zero-order valence-corrected chi connectivity index (χ0v) is 18.7. The Hall–Kier alpha value is -4.04. The summed E-state index contributed by atoms with van der Waals surface area (Å²) in [6.07, 6.45) is 2.30. The number of hydrazine groups is 1. The highest BCUT2D eigenvalue weighted by molar-refractivity contribution is 7.90. The highest BCUT2D eigenvalue weighted by atomic mass is 32.2. The van der Waals surface area contributed by atoms with E-state index in [4.69, 9.17) is 0 Å². The van der Waals surface area contributed by atoms with Crippen molar-refractivity contribution in [1.29, 1.82) is 0 Å². The van der Waals surface area contributed by atoms with E-state index in [0.717, 1.165) is 29.7 Å². The maximum absolute atomic E-state index is 13.2. The number of aromatic carboxylic acids is 1. The van der Waals surface area contributed by atoms with Gasteiger partial charge in [-0.1, -0.05) is 6.07 Å². The fraction of sp³-hybridized carbons (Fsp3) is 0.143. The molecule has 0 spiro atoms. The van der Waals surface area contributed by atoms with E-state index in [2.05, 4.69) is 25.7 Å². The lowest BCUT2D eigenvalue weighted by Crippen LogP contribution is -2.44. The van der Waals surface area contributed by atoms with Crippen LogP contribution >= 0.6 is 0 Å². The number of rotatable bonds is 6. The summed E-state index contributed by atoms with van der Waals surface area (Å²) in [5, 5.41) is 13.1. The van der Waals surface area contributed by atoms with Crippen molar-refractivity contribution in [2.45, 2.75) is 17.1 Å². The number of pyridine rings is 1. The van der Waals surface area contributed by atoms with Gasteiger partial charge in [0.05, 0.1) is 10.5 Å². The Labute approximate surface area is 197 Å². The van der Waals surface area contributed by atoms with Crippen molar-refractivity contribution in [1.82, 2.24) is 20.4 Å². The van der Waals surface area contributed by atoms with Gasteiger partial charge in [0, 0.05) is 47.9 Å². The van der Waals surface area contributed by atoms with Crippen molar-refractivity contribution >= 4 is 33.3 Å². The number of carboxylic acids is 1. The van der Waals surface area contributed by atoms with Crippen LogP contribution < -0.4 is 15.8 Å². The lowest BCUT2D eigenvalue weighted by atomic mass is 10.1. The van der Waals surface area contributed by atoms with E-state index < -0.39 is 28.0 Å². The highest BCUT2D eigenvalue weighted by Gasteiger charge is 2.41. The number of alkyl halides is 3. The molecule has 1 atom stereocenters. The normalized spacial score (nSPS) is 15.9. The molecule has 182 valence electrons. The predicted octanol–water partition coefficient (Wildman–Crippen LogP) is 3.15. The van der Waals surface area contributed by atoms with Gasteiger partial charge in [-0.15, -0.1) is 0 Å². The van der Waals surface area contributed by atoms with Gasteiger partial charge in [-0.3, -0.25) is 9.99 Å². The van der Waals surface area contributed by atoms with E-state index >= 15 is 0 Å². The van der Waals surface area contributed by atoms with Crippen molar-refractivity contribution in [3.63, 3.8) is 0 Å². The molecular formula is C21H17F3N6O4S. The zero-order valence-electron chi connectivity index (χ0n) is 17.9. The maximum atomic E-state index is 13.2. The number of anilines is 3. The number of carboxylic acid groups (broad SMARTS) is 1. The van der Waals surface area contributed by atoms with Crippen molar-refractivity contribution in [3.05, 3.63) is 66.8 Å². The van der Waals surface area contributed by atoms with Crippen LogP contribution in [0.3, 0.4) is 0 Å². The number of nitrogens with zero attached hydrogens (tertiary/aromatic N) is 4. The predicted molar refractivity (Wildman–Crippen MR) is 120 cm³/mol. The first-order valence-corrected chi connectivity index (χ1v) is 11.7. The Morgan fingerprint density at radius 1 is 1.20 bits per heavy atom. The Bertz CT molecular complexity index is 1430. The Balaban J connectivity index is 1.75. The SMILES string of the molecule is CS(=O)(=O)c1cccc(Nc2ncc(-c3cncc(C(=O)O)c3)c(N3C=CC(C(F)(F)F)N3)n2)c1.